The summed E-state index contributed by atoms with van der Waals surface area (Å²) in [4.78, 5) is 18.7. The Hall–Kier alpha value is -1.86. The number of aromatic nitrogens is 1. The third-order valence-corrected chi connectivity index (χ3v) is 3.32. The van der Waals surface area contributed by atoms with Gasteiger partial charge in [0.15, 0.2) is 0 Å². The summed E-state index contributed by atoms with van der Waals surface area (Å²) in [7, 11) is 0. The highest BCUT2D eigenvalue weighted by Gasteiger charge is 2.32. The van der Waals surface area contributed by atoms with Crippen molar-refractivity contribution in [2.24, 2.45) is 5.73 Å². The Morgan fingerprint density at radius 3 is 2.85 bits per heavy atom. The number of unbranched alkanes of at least 4 members (excludes halogenated alkanes) is 1. The van der Waals surface area contributed by atoms with Crippen LogP contribution >= 0.6 is 0 Å². The van der Waals surface area contributed by atoms with Gasteiger partial charge in [0.1, 0.15) is 5.69 Å². The van der Waals surface area contributed by atoms with E-state index in [0.717, 1.165) is 37.8 Å². The van der Waals surface area contributed by atoms with Crippen molar-refractivity contribution in [3.63, 3.8) is 0 Å². The van der Waals surface area contributed by atoms with Crippen molar-refractivity contribution in [2.75, 3.05) is 13.1 Å². The van der Waals surface area contributed by atoms with Crippen LogP contribution in [0.3, 0.4) is 0 Å². The molecule has 0 radical (unpaired) electrons. The fraction of sp³-hybridized carbons (Fsp3) is 0.500. The lowest BCUT2D eigenvalue weighted by molar-refractivity contribution is 0.0735. The molecule has 1 aromatic rings. The van der Waals surface area contributed by atoms with Gasteiger partial charge in [-0.25, -0.2) is 4.98 Å². The van der Waals surface area contributed by atoms with E-state index in [2.05, 4.69) is 23.7 Å². The predicted octanol–water partition coefficient (Wildman–Crippen LogP) is 1.80. The Morgan fingerprint density at radius 1 is 1.50 bits per heavy atom. The first-order valence-electron chi connectivity index (χ1n) is 7.22. The first kappa shape index (κ1) is 14.5. The number of carbonyl (C=O) groups is 1. The lowest BCUT2D eigenvalue weighted by atomic mass is 10.2. The van der Waals surface area contributed by atoms with Gasteiger partial charge in [-0.2, -0.15) is 0 Å². The van der Waals surface area contributed by atoms with Crippen molar-refractivity contribution in [1.29, 1.82) is 0 Å². The van der Waals surface area contributed by atoms with Crippen LogP contribution in [0.1, 0.15) is 48.7 Å². The maximum Gasteiger partial charge on any atom is 0.272 e. The highest BCUT2D eigenvalue weighted by molar-refractivity contribution is 5.92. The molecule has 4 heteroatoms. The zero-order chi connectivity index (χ0) is 14.4. The van der Waals surface area contributed by atoms with Crippen LogP contribution in [-0.4, -0.2) is 34.9 Å². The fourth-order valence-corrected chi connectivity index (χ4v) is 2.06. The molecule has 2 rings (SSSR count). The summed E-state index contributed by atoms with van der Waals surface area (Å²) in [6.07, 6.45) is 6.02. The molecular formula is C16H21N3O. The quantitative estimate of drug-likeness (QED) is 0.831. The molecule has 20 heavy (non-hydrogen) atoms. The van der Waals surface area contributed by atoms with Gasteiger partial charge in [0.05, 0.1) is 6.54 Å². The number of hydrogen-bond donors (Lipinski definition) is 1. The van der Waals surface area contributed by atoms with E-state index in [0.29, 0.717) is 18.3 Å². The Morgan fingerprint density at radius 2 is 2.30 bits per heavy atom. The van der Waals surface area contributed by atoms with Crippen molar-refractivity contribution in [1.82, 2.24) is 9.88 Å². The maximum absolute atomic E-state index is 12.5. The number of rotatable bonds is 5. The molecule has 1 aliphatic rings. The Labute approximate surface area is 120 Å². The smallest absolute Gasteiger partial charge is 0.272 e. The van der Waals surface area contributed by atoms with E-state index in [-0.39, 0.29) is 5.91 Å². The maximum atomic E-state index is 12.5. The second-order valence-electron chi connectivity index (χ2n) is 5.02. The van der Waals surface area contributed by atoms with Gasteiger partial charge in [-0.15, -0.1) is 0 Å². The van der Waals surface area contributed by atoms with E-state index in [9.17, 15) is 4.79 Å². The van der Waals surface area contributed by atoms with Crippen LogP contribution < -0.4 is 5.73 Å². The van der Waals surface area contributed by atoms with Crippen LogP contribution in [0.25, 0.3) is 0 Å². The normalized spacial score (nSPS) is 13.5. The summed E-state index contributed by atoms with van der Waals surface area (Å²) in [6.45, 7) is 3.29. The molecule has 4 nitrogen and oxygen atoms in total. The molecule has 1 amide bonds. The largest absolute Gasteiger partial charge is 0.334 e. The minimum atomic E-state index is 0.0410. The Bertz CT molecular complexity index is 509. The lowest BCUT2D eigenvalue weighted by Gasteiger charge is -2.21. The van der Waals surface area contributed by atoms with Crippen molar-refractivity contribution >= 4 is 5.91 Å². The summed E-state index contributed by atoms with van der Waals surface area (Å²) >= 11 is 0. The van der Waals surface area contributed by atoms with Crippen LogP contribution in [0, 0.1) is 11.8 Å². The molecular weight excluding hydrogens is 250 g/mol. The molecule has 106 valence electrons. The molecule has 1 fully saturated rings. The van der Waals surface area contributed by atoms with E-state index in [1.165, 1.54) is 0 Å². The summed E-state index contributed by atoms with van der Waals surface area (Å²) in [5, 5.41) is 0. The summed E-state index contributed by atoms with van der Waals surface area (Å²) in [5.74, 6) is 5.72. The van der Waals surface area contributed by atoms with Gasteiger partial charge < -0.3 is 10.6 Å². The third-order valence-electron chi connectivity index (χ3n) is 3.32. The number of carbonyl (C=O) groups excluding carboxylic acids is 1. The molecule has 0 aromatic carbocycles. The third kappa shape index (κ3) is 3.82. The monoisotopic (exact) mass is 271 g/mol. The van der Waals surface area contributed by atoms with Crippen molar-refractivity contribution < 1.29 is 4.79 Å². The molecule has 0 spiro atoms. The van der Waals surface area contributed by atoms with Gasteiger partial charge in [-0.3, -0.25) is 4.79 Å². The number of pyridine rings is 1. The summed E-state index contributed by atoms with van der Waals surface area (Å²) in [5.41, 5.74) is 6.62. The van der Waals surface area contributed by atoms with Crippen molar-refractivity contribution in [2.45, 2.75) is 38.6 Å². The van der Waals surface area contributed by atoms with Gasteiger partial charge in [-0.05, 0) is 31.4 Å². The van der Waals surface area contributed by atoms with E-state index >= 15 is 0 Å². The zero-order valence-electron chi connectivity index (χ0n) is 11.9. The lowest BCUT2D eigenvalue weighted by Crippen LogP contribution is -2.34. The van der Waals surface area contributed by atoms with Gasteiger partial charge >= 0.3 is 0 Å². The second-order valence-corrected chi connectivity index (χ2v) is 5.02. The minimum Gasteiger partial charge on any atom is -0.334 e. The molecule has 0 atom stereocenters. The molecule has 1 aromatic heterocycles. The number of nitrogens with zero attached hydrogens (tertiary/aromatic N) is 2. The van der Waals surface area contributed by atoms with Gasteiger partial charge in [0.2, 0.25) is 0 Å². The van der Waals surface area contributed by atoms with Crippen LogP contribution in [-0.2, 0) is 0 Å². The molecule has 2 N–H and O–H groups in total. The first-order chi connectivity index (χ1) is 9.76. The van der Waals surface area contributed by atoms with E-state index in [1.807, 2.05) is 11.0 Å². The predicted molar refractivity (Wildman–Crippen MR) is 79.1 cm³/mol. The Balaban J connectivity index is 2.06. The molecule has 1 saturated carbocycles. The molecule has 0 bridgehead atoms. The topological polar surface area (TPSA) is 59.2 Å². The fourth-order valence-electron chi connectivity index (χ4n) is 2.06. The van der Waals surface area contributed by atoms with E-state index in [4.69, 9.17) is 5.73 Å². The van der Waals surface area contributed by atoms with Gasteiger partial charge in [0, 0.05) is 24.3 Å². The van der Waals surface area contributed by atoms with Crippen LogP contribution in [0.2, 0.25) is 0 Å². The molecule has 0 aliphatic heterocycles. The van der Waals surface area contributed by atoms with Crippen LogP contribution in [0.15, 0.2) is 18.3 Å². The number of nitrogens with two attached hydrogens (primary N) is 1. The summed E-state index contributed by atoms with van der Waals surface area (Å²) in [6, 6.07) is 4.00. The molecule has 0 unspecified atom stereocenters. The number of hydrogen-bond acceptors (Lipinski definition) is 3. The average Bonchev–Trinajstić information content (AvgIpc) is 3.30. The zero-order valence-corrected chi connectivity index (χ0v) is 11.9. The molecule has 0 saturated heterocycles. The average molecular weight is 271 g/mol. The second kappa shape index (κ2) is 7.06. The molecule has 1 aliphatic carbocycles. The van der Waals surface area contributed by atoms with Crippen LogP contribution in [0.4, 0.5) is 0 Å². The van der Waals surface area contributed by atoms with Crippen LogP contribution in [0.5, 0.6) is 0 Å². The summed E-state index contributed by atoms with van der Waals surface area (Å²) < 4.78 is 0. The van der Waals surface area contributed by atoms with Gasteiger partial charge in [-0.1, -0.05) is 25.2 Å². The van der Waals surface area contributed by atoms with E-state index in [1.54, 1.807) is 12.3 Å². The minimum absolute atomic E-state index is 0.0410. The highest BCUT2D eigenvalue weighted by atomic mass is 16.2. The number of amides is 1. The Kier molecular flexibility index (Phi) is 5.14. The highest BCUT2D eigenvalue weighted by Crippen LogP contribution is 2.28. The standard InChI is InChI=1S/C16H21N3O/c1-2-3-11-19(14-7-8-14)16(20)15-9-6-13(12-18-15)5-4-10-17/h6,9,12,14H,2-3,7-8,10-11,17H2,1H3. The van der Waals surface area contributed by atoms with Crippen molar-refractivity contribution in [3.8, 4) is 11.8 Å². The van der Waals surface area contributed by atoms with Gasteiger partial charge in [0.25, 0.3) is 5.91 Å². The van der Waals surface area contributed by atoms with Crippen molar-refractivity contribution in [3.05, 3.63) is 29.6 Å². The molecule has 1 heterocycles. The van der Waals surface area contributed by atoms with E-state index < -0.39 is 0 Å². The first-order valence-corrected chi connectivity index (χ1v) is 7.22. The SMILES string of the molecule is CCCCN(C(=O)c1ccc(C#CCN)cn1)C1CC1.